The molecule has 1 saturated heterocycles. The van der Waals surface area contributed by atoms with Gasteiger partial charge in [-0.3, -0.25) is 9.69 Å². The molecule has 0 radical (unpaired) electrons. The minimum absolute atomic E-state index is 0.0237. The van der Waals surface area contributed by atoms with E-state index in [4.69, 9.17) is 17.0 Å². The highest BCUT2D eigenvalue weighted by Gasteiger charge is 2.19. The first-order chi connectivity index (χ1) is 16.0. The van der Waals surface area contributed by atoms with Gasteiger partial charge in [-0.05, 0) is 80.0 Å². The SMILES string of the molecule is Cc1cc2cc(CN(CCCN3CCOCC3)C(=S)NC3CCCCC3)c(=O)[nH]c2cc1C. The molecule has 2 aromatic rings. The van der Waals surface area contributed by atoms with Gasteiger partial charge in [-0.25, -0.2) is 0 Å². The topological polar surface area (TPSA) is 60.6 Å². The quantitative estimate of drug-likeness (QED) is 0.599. The first-order valence-electron chi connectivity index (χ1n) is 12.5. The highest BCUT2D eigenvalue weighted by molar-refractivity contribution is 7.80. The Hall–Kier alpha value is -1.96. The first kappa shape index (κ1) is 24.2. The fourth-order valence-electron chi connectivity index (χ4n) is 4.92. The molecule has 2 N–H and O–H groups in total. The summed E-state index contributed by atoms with van der Waals surface area (Å²) in [5, 5.41) is 5.47. The lowest BCUT2D eigenvalue weighted by atomic mass is 9.96. The number of hydrogen-bond donors (Lipinski definition) is 2. The molecule has 7 heteroatoms. The van der Waals surface area contributed by atoms with Crippen LogP contribution >= 0.6 is 12.2 Å². The highest BCUT2D eigenvalue weighted by Crippen LogP contribution is 2.20. The van der Waals surface area contributed by atoms with Crippen LogP contribution in [0.5, 0.6) is 0 Å². The number of rotatable bonds is 7. The summed E-state index contributed by atoms with van der Waals surface area (Å²) in [6.45, 7) is 10.2. The van der Waals surface area contributed by atoms with E-state index in [-0.39, 0.29) is 5.56 Å². The minimum Gasteiger partial charge on any atom is -0.379 e. The summed E-state index contributed by atoms with van der Waals surface area (Å²) in [6.07, 6.45) is 7.21. The lowest BCUT2D eigenvalue weighted by Gasteiger charge is -2.32. The fourth-order valence-corrected chi connectivity index (χ4v) is 5.24. The Morgan fingerprint density at radius 1 is 1.15 bits per heavy atom. The van der Waals surface area contributed by atoms with Crippen LogP contribution in [0.25, 0.3) is 10.9 Å². The number of pyridine rings is 1. The molecule has 1 aromatic carbocycles. The van der Waals surface area contributed by atoms with Gasteiger partial charge in [-0.15, -0.1) is 0 Å². The number of ether oxygens (including phenoxy) is 1. The standard InChI is InChI=1S/C26H38N4O2S/c1-19-15-21-17-22(25(31)28-24(21)16-20(19)2)18-30(10-6-9-29-11-13-32-14-12-29)26(33)27-23-7-4-3-5-8-23/h15-17,23H,3-14,18H2,1-2H3,(H,27,33)(H,28,31). The second-order valence-corrected chi connectivity index (χ2v) is 10.0. The number of nitrogens with one attached hydrogen (secondary N) is 2. The molecule has 1 aliphatic heterocycles. The predicted molar refractivity (Wildman–Crippen MR) is 139 cm³/mol. The van der Waals surface area contributed by atoms with Crippen LogP contribution < -0.4 is 10.9 Å². The highest BCUT2D eigenvalue weighted by atomic mass is 32.1. The Labute approximate surface area is 202 Å². The third kappa shape index (κ3) is 6.55. The number of aromatic nitrogens is 1. The van der Waals surface area contributed by atoms with Crippen LogP contribution in [0, 0.1) is 13.8 Å². The van der Waals surface area contributed by atoms with Crippen molar-refractivity contribution >= 4 is 28.2 Å². The number of H-pyrrole nitrogens is 1. The molecule has 0 spiro atoms. The summed E-state index contributed by atoms with van der Waals surface area (Å²) in [7, 11) is 0. The van der Waals surface area contributed by atoms with E-state index in [1.165, 1.54) is 43.2 Å². The molecule has 1 aromatic heterocycles. The maximum atomic E-state index is 12.9. The monoisotopic (exact) mass is 470 g/mol. The molecule has 33 heavy (non-hydrogen) atoms. The van der Waals surface area contributed by atoms with E-state index in [9.17, 15) is 4.79 Å². The van der Waals surface area contributed by atoms with Gasteiger partial charge in [0.2, 0.25) is 0 Å². The van der Waals surface area contributed by atoms with Crippen molar-refractivity contribution in [2.45, 2.75) is 65.0 Å². The maximum Gasteiger partial charge on any atom is 0.253 e. The maximum absolute atomic E-state index is 12.9. The zero-order valence-electron chi connectivity index (χ0n) is 20.1. The Kier molecular flexibility index (Phi) is 8.39. The summed E-state index contributed by atoms with van der Waals surface area (Å²) >= 11 is 5.87. The number of fused-ring (bicyclic) bond motifs is 1. The minimum atomic E-state index is -0.0237. The van der Waals surface area contributed by atoms with E-state index in [0.29, 0.717) is 12.6 Å². The van der Waals surface area contributed by atoms with Crippen LogP contribution in [0.2, 0.25) is 0 Å². The number of hydrogen-bond acceptors (Lipinski definition) is 4. The van der Waals surface area contributed by atoms with E-state index in [1.54, 1.807) is 0 Å². The van der Waals surface area contributed by atoms with Crippen molar-refractivity contribution in [1.82, 2.24) is 20.1 Å². The molecule has 1 saturated carbocycles. The number of aryl methyl sites for hydroxylation is 2. The second-order valence-electron chi connectivity index (χ2n) is 9.66. The molecule has 0 atom stereocenters. The fraction of sp³-hybridized carbons (Fsp3) is 0.615. The molecule has 1 aliphatic carbocycles. The molecule has 2 fully saturated rings. The van der Waals surface area contributed by atoms with Crippen molar-refractivity contribution in [3.05, 3.63) is 45.2 Å². The molecule has 2 aliphatic rings. The largest absolute Gasteiger partial charge is 0.379 e. The van der Waals surface area contributed by atoms with Crippen LogP contribution in [0.1, 0.15) is 55.2 Å². The molecule has 4 rings (SSSR count). The van der Waals surface area contributed by atoms with Gasteiger partial charge in [0.15, 0.2) is 5.11 Å². The van der Waals surface area contributed by atoms with Crippen molar-refractivity contribution in [2.24, 2.45) is 0 Å². The third-order valence-electron chi connectivity index (χ3n) is 7.12. The van der Waals surface area contributed by atoms with Crippen LogP contribution in [0.3, 0.4) is 0 Å². The van der Waals surface area contributed by atoms with Crippen molar-refractivity contribution < 1.29 is 4.74 Å². The molecule has 6 nitrogen and oxygen atoms in total. The van der Waals surface area contributed by atoms with Crippen molar-refractivity contribution in [1.29, 1.82) is 0 Å². The van der Waals surface area contributed by atoms with E-state index >= 15 is 0 Å². The Balaban J connectivity index is 1.48. The van der Waals surface area contributed by atoms with Crippen molar-refractivity contribution in [3.63, 3.8) is 0 Å². The van der Waals surface area contributed by atoms with Gasteiger partial charge in [0, 0.05) is 43.3 Å². The average Bonchev–Trinajstić information content (AvgIpc) is 2.81. The summed E-state index contributed by atoms with van der Waals surface area (Å²) in [5.74, 6) is 0. The lowest BCUT2D eigenvalue weighted by molar-refractivity contribution is 0.0367. The van der Waals surface area contributed by atoms with E-state index in [1.807, 2.05) is 6.07 Å². The normalized spacial score (nSPS) is 17.9. The number of morpholine rings is 1. The van der Waals surface area contributed by atoms with Crippen molar-refractivity contribution in [2.75, 3.05) is 39.4 Å². The molecular weight excluding hydrogens is 432 g/mol. The lowest BCUT2D eigenvalue weighted by Crippen LogP contribution is -2.46. The van der Waals surface area contributed by atoms with Crippen LogP contribution in [0.15, 0.2) is 23.0 Å². The number of aromatic amines is 1. The molecule has 0 amide bonds. The first-order valence-corrected chi connectivity index (χ1v) is 12.9. The number of nitrogens with zero attached hydrogens (tertiary/aromatic N) is 2. The average molecular weight is 471 g/mol. The van der Waals surface area contributed by atoms with Gasteiger partial charge in [0.05, 0.1) is 19.8 Å². The zero-order chi connectivity index (χ0) is 23.2. The van der Waals surface area contributed by atoms with Gasteiger partial charge in [0.25, 0.3) is 5.56 Å². The Morgan fingerprint density at radius 3 is 2.64 bits per heavy atom. The zero-order valence-corrected chi connectivity index (χ0v) is 20.9. The molecule has 0 unspecified atom stereocenters. The summed E-state index contributed by atoms with van der Waals surface area (Å²) in [4.78, 5) is 20.7. The van der Waals surface area contributed by atoms with Crippen LogP contribution in [-0.2, 0) is 11.3 Å². The Bertz CT molecular complexity index is 1010. The second kappa shape index (κ2) is 11.4. The molecule has 180 valence electrons. The van der Waals surface area contributed by atoms with Gasteiger partial charge in [-0.1, -0.05) is 19.3 Å². The smallest absolute Gasteiger partial charge is 0.253 e. The van der Waals surface area contributed by atoms with Gasteiger partial charge in [-0.2, -0.15) is 0 Å². The van der Waals surface area contributed by atoms with Gasteiger partial charge >= 0.3 is 0 Å². The summed E-state index contributed by atoms with van der Waals surface area (Å²) < 4.78 is 5.47. The number of benzene rings is 1. The third-order valence-corrected chi connectivity index (χ3v) is 7.50. The van der Waals surface area contributed by atoms with E-state index in [0.717, 1.165) is 67.4 Å². The van der Waals surface area contributed by atoms with Crippen LogP contribution in [0.4, 0.5) is 0 Å². The molecule has 0 bridgehead atoms. The van der Waals surface area contributed by atoms with Crippen molar-refractivity contribution in [3.8, 4) is 0 Å². The van der Waals surface area contributed by atoms with Gasteiger partial charge in [0.1, 0.15) is 0 Å². The van der Waals surface area contributed by atoms with Gasteiger partial charge < -0.3 is 19.9 Å². The summed E-state index contributed by atoms with van der Waals surface area (Å²) in [5.41, 5.74) is 4.06. The Morgan fingerprint density at radius 2 is 1.88 bits per heavy atom. The predicted octanol–water partition coefficient (Wildman–Crippen LogP) is 3.88. The number of thiocarbonyl (C=S) groups is 1. The molecular formula is C26H38N4O2S. The summed E-state index contributed by atoms with van der Waals surface area (Å²) in [6, 6.07) is 6.71. The van der Waals surface area contributed by atoms with E-state index < -0.39 is 0 Å². The molecule has 2 heterocycles. The van der Waals surface area contributed by atoms with Crippen LogP contribution in [-0.4, -0.2) is 65.3 Å². The van der Waals surface area contributed by atoms with E-state index in [2.05, 4.69) is 46.1 Å².